The van der Waals surface area contributed by atoms with Gasteiger partial charge in [-0.25, -0.2) is 0 Å². The lowest BCUT2D eigenvalue weighted by Crippen LogP contribution is -2.47. The van der Waals surface area contributed by atoms with Crippen LogP contribution in [0, 0.1) is 0 Å². The fraction of sp³-hybridized carbons (Fsp3) is 0.500. The van der Waals surface area contributed by atoms with Crippen molar-refractivity contribution >= 4 is 11.8 Å². The van der Waals surface area contributed by atoms with Crippen molar-refractivity contribution in [1.29, 1.82) is 0 Å². The summed E-state index contributed by atoms with van der Waals surface area (Å²) in [6, 6.07) is 7.55. The molecule has 1 N–H and O–H groups in total. The molecule has 2 amide bonds. The van der Waals surface area contributed by atoms with Gasteiger partial charge >= 0.3 is 0 Å². The third-order valence-corrected chi connectivity index (χ3v) is 3.62. The van der Waals surface area contributed by atoms with E-state index in [0.29, 0.717) is 5.56 Å². The summed E-state index contributed by atoms with van der Waals surface area (Å²) < 4.78 is 0. The highest BCUT2D eigenvalue weighted by Crippen LogP contribution is 2.22. The molecule has 108 valence electrons. The molecule has 0 saturated carbocycles. The van der Waals surface area contributed by atoms with Crippen molar-refractivity contribution < 1.29 is 9.59 Å². The topological polar surface area (TPSA) is 49.4 Å². The number of nitrogens with one attached hydrogen (secondary N) is 1. The van der Waals surface area contributed by atoms with Gasteiger partial charge in [-0.1, -0.05) is 32.9 Å². The first-order valence-electron chi connectivity index (χ1n) is 7.04. The summed E-state index contributed by atoms with van der Waals surface area (Å²) in [6.07, 6.45) is 1.06. The molecule has 1 aliphatic rings. The minimum atomic E-state index is -0.195. The second-order valence-corrected chi connectivity index (χ2v) is 6.24. The maximum absolute atomic E-state index is 12.0. The van der Waals surface area contributed by atoms with Crippen LogP contribution in [-0.2, 0) is 10.2 Å². The standard InChI is InChI=1S/C16H22N2O2/c1-16(2,3)13-7-5-12(6-8-13)15(20)17-11-14(19)18-9-4-10-18/h5-8H,4,9-11H2,1-3H3,(H,17,20). The number of carbonyl (C=O) groups excluding carboxylic acids is 2. The molecular weight excluding hydrogens is 252 g/mol. The van der Waals surface area contributed by atoms with E-state index >= 15 is 0 Å². The Balaban J connectivity index is 1.90. The Morgan fingerprint density at radius 3 is 2.20 bits per heavy atom. The Morgan fingerprint density at radius 1 is 1.15 bits per heavy atom. The zero-order valence-electron chi connectivity index (χ0n) is 12.4. The quantitative estimate of drug-likeness (QED) is 0.916. The van der Waals surface area contributed by atoms with E-state index in [4.69, 9.17) is 0 Å². The zero-order valence-corrected chi connectivity index (χ0v) is 12.4. The molecule has 1 heterocycles. The number of hydrogen-bond donors (Lipinski definition) is 1. The summed E-state index contributed by atoms with van der Waals surface area (Å²) in [6.45, 7) is 8.11. The largest absolute Gasteiger partial charge is 0.343 e. The first-order chi connectivity index (χ1) is 9.38. The lowest BCUT2D eigenvalue weighted by atomic mass is 9.87. The molecule has 0 unspecified atom stereocenters. The van der Waals surface area contributed by atoms with Crippen molar-refractivity contribution in [2.24, 2.45) is 0 Å². The van der Waals surface area contributed by atoms with Gasteiger partial charge in [0, 0.05) is 18.7 Å². The molecule has 1 aromatic carbocycles. The van der Waals surface area contributed by atoms with Crippen LogP contribution in [0.3, 0.4) is 0 Å². The van der Waals surface area contributed by atoms with Crippen molar-refractivity contribution in [3.8, 4) is 0 Å². The lowest BCUT2D eigenvalue weighted by molar-refractivity contribution is -0.133. The van der Waals surface area contributed by atoms with E-state index in [9.17, 15) is 9.59 Å². The number of rotatable bonds is 3. The number of likely N-dealkylation sites (tertiary alicyclic amines) is 1. The number of nitrogens with zero attached hydrogens (tertiary/aromatic N) is 1. The van der Waals surface area contributed by atoms with Gasteiger partial charge < -0.3 is 10.2 Å². The van der Waals surface area contributed by atoms with Gasteiger partial charge in [0.2, 0.25) is 5.91 Å². The van der Waals surface area contributed by atoms with Gasteiger partial charge in [-0.2, -0.15) is 0 Å². The summed E-state index contributed by atoms with van der Waals surface area (Å²) in [5.41, 5.74) is 1.85. The monoisotopic (exact) mass is 274 g/mol. The third-order valence-electron chi connectivity index (χ3n) is 3.62. The highest BCUT2D eigenvalue weighted by atomic mass is 16.2. The maximum atomic E-state index is 12.0. The van der Waals surface area contributed by atoms with E-state index < -0.39 is 0 Å². The highest BCUT2D eigenvalue weighted by molar-refractivity contribution is 5.96. The van der Waals surface area contributed by atoms with Gasteiger partial charge in [-0.05, 0) is 29.5 Å². The SMILES string of the molecule is CC(C)(C)c1ccc(C(=O)NCC(=O)N2CCC2)cc1. The van der Waals surface area contributed by atoms with E-state index in [1.54, 1.807) is 4.90 Å². The van der Waals surface area contributed by atoms with Gasteiger partial charge in [-0.3, -0.25) is 9.59 Å². The van der Waals surface area contributed by atoms with E-state index in [1.807, 2.05) is 24.3 Å². The van der Waals surface area contributed by atoms with E-state index in [1.165, 1.54) is 5.56 Å². The molecule has 1 saturated heterocycles. The molecule has 20 heavy (non-hydrogen) atoms. The summed E-state index contributed by atoms with van der Waals surface area (Å²) in [4.78, 5) is 25.4. The number of carbonyl (C=O) groups is 2. The van der Waals surface area contributed by atoms with Gasteiger partial charge in [0.15, 0.2) is 0 Å². The predicted molar refractivity (Wildman–Crippen MR) is 78.7 cm³/mol. The van der Waals surface area contributed by atoms with Crippen LogP contribution in [0.2, 0.25) is 0 Å². The molecule has 0 radical (unpaired) electrons. The maximum Gasteiger partial charge on any atom is 0.251 e. The zero-order chi connectivity index (χ0) is 14.8. The minimum Gasteiger partial charge on any atom is -0.343 e. The normalized spacial score (nSPS) is 14.7. The number of benzene rings is 1. The molecule has 2 rings (SSSR count). The summed E-state index contributed by atoms with van der Waals surface area (Å²) >= 11 is 0. The second kappa shape index (κ2) is 5.65. The van der Waals surface area contributed by atoms with Crippen LogP contribution in [0.1, 0.15) is 43.1 Å². The average Bonchev–Trinajstić information content (AvgIpc) is 2.33. The first-order valence-corrected chi connectivity index (χ1v) is 7.04. The molecule has 0 atom stereocenters. The van der Waals surface area contributed by atoms with Gasteiger partial charge in [0.1, 0.15) is 0 Å². The van der Waals surface area contributed by atoms with Gasteiger partial charge in [-0.15, -0.1) is 0 Å². The second-order valence-electron chi connectivity index (χ2n) is 6.24. The van der Waals surface area contributed by atoms with Crippen LogP contribution in [-0.4, -0.2) is 36.3 Å². The van der Waals surface area contributed by atoms with Crippen LogP contribution in [0.5, 0.6) is 0 Å². The molecule has 0 aliphatic carbocycles. The predicted octanol–water partition coefficient (Wildman–Crippen LogP) is 1.95. The van der Waals surface area contributed by atoms with Crippen molar-refractivity contribution in [3.05, 3.63) is 35.4 Å². The van der Waals surface area contributed by atoms with E-state index in [-0.39, 0.29) is 23.8 Å². The molecule has 4 nitrogen and oxygen atoms in total. The molecule has 1 fully saturated rings. The molecule has 0 spiro atoms. The van der Waals surface area contributed by atoms with E-state index in [2.05, 4.69) is 26.1 Å². The molecular formula is C16H22N2O2. The minimum absolute atomic E-state index is 0.00379. The van der Waals surface area contributed by atoms with Crippen LogP contribution in [0.4, 0.5) is 0 Å². The van der Waals surface area contributed by atoms with E-state index in [0.717, 1.165) is 19.5 Å². The number of amides is 2. The van der Waals surface area contributed by atoms with Crippen LogP contribution >= 0.6 is 0 Å². The fourth-order valence-corrected chi connectivity index (χ4v) is 2.06. The Labute approximate surface area is 120 Å². The van der Waals surface area contributed by atoms with Crippen LogP contribution in [0.25, 0.3) is 0 Å². The van der Waals surface area contributed by atoms with Crippen molar-refractivity contribution in [2.45, 2.75) is 32.6 Å². The third kappa shape index (κ3) is 3.38. The van der Waals surface area contributed by atoms with Crippen LogP contribution in [0.15, 0.2) is 24.3 Å². The Morgan fingerprint density at radius 2 is 1.75 bits per heavy atom. The average molecular weight is 274 g/mol. The first kappa shape index (κ1) is 14.6. The molecule has 1 aliphatic heterocycles. The van der Waals surface area contributed by atoms with Crippen molar-refractivity contribution in [3.63, 3.8) is 0 Å². The highest BCUT2D eigenvalue weighted by Gasteiger charge is 2.20. The molecule has 1 aromatic rings. The molecule has 4 heteroatoms. The fourth-order valence-electron chi connectivity index (χ4n) is 2.06. The van der Waals surface area contributed by atoms with Crippen LogP contribution < -0.4 is 5.32 Å². The Kier molecular flexibility index (Phi) is 4.12. The summed E-state index contributed by atoms with van der Waals surface area (Å²) in [5.74, 6) is -0.199. The smallest absolute Gasteiger partial charge is 0.251 e. The van der Waals surface area contributed by atoms with Gasteiger partial charge in [0.05, 0.1) is 6.54 Å². The summed E-state index contributed by atoms with van der Waals surface area (Å²) in [5, 5.41) is 2.68. The van der Waals surface area contributed by atoms with Crippen molar-refractivity contribution in [1.82, 2.24) is 10.2 Å². The van der Waals surface area contributed by atoms with Gasteiger partial charge in [0.25, 0.3) is 5.91 Å². The lowest BCUT2D eigenvalue weighted by Gasteiger charge is -2.30. The Hall–Kier alpha value is -1.84. The number of hydrogen-bond acceptors (Lipinski definition) is 2. The molecule has 0 aromatic heterocycles. The summed E-state index contributed by atoms with van der Waals surface area (Å²) in [7, 11) is 0. The van der Waals surface area contributed by atoms with Crippen molar-refractivity contribution in [2.75, 3.05) is 19.6 Å². The Bertz CT molecular complexity index is 496. The molecule has 0 bridgehead atoms.